The zero-order valence-electron chi connectivity index (χ0n) is 11.5. The first-order valence-electron chi connectivity index (χ1n) is 6.42. The highest BCUT2D eigenvalue weighted by Gasteiger charge is 2.22. The van der Waals surface area contributed by atoms with Crippen molar-refractivity contribution in [2.24, 2.45) is 5.92 Å². The number of ether oxygens (including phenoxy) is 1. The Bertz CT molecular complexity index is 401. The fourth-order valence-corrected chi connectivity index (χ4v) is 2.82. The van der Waals surface area contributed by atoms with Crippen molar-refractivity contribution < 1.29 is 4.74 Å². The summed E-state index contributed by atoms with van der Waals surface area (Å²) in [5.74, 6) is 1.69. The average Bonchev–Trinajstić information content (AvgIpc) is 2.77. The molecule has 1 fully saturated rings. The SMILES string of the molecule is CNCC1CCN(Cc2cc(Cl)ccc2OC)C1.Cl. The zero-order valence-corrected chi connectivity index (χ0v) is 13.1. The minimum absolute atomic E-state index is 0. The first-order valence-corrected chi connectivity index (χ1v) is 6.80. The topological polar surface area (TPSA) is 24.5 Å². The molecule has 1 atom stereocenters. The van der Waals surface area contributed by atoms with E-state index >= 15 is 0 Å². The van der Waals surface area contributed by atoms with Crippen molar-refractivity contribution in [2.75, 3.05) is 33.8 Å². The van der Waals surface area contributed by atoms with Gasteiger partial charge in [0.05, 0.1) is 7.11 Å². The lowest BCUT2D eigenvalue weighted by Crippen LogP contribution is -2.24. The van der Waals surface area contributed by atoms with Crippen molar-refractivity contribution in [3.05, 3.63) is 28.8 Å². The molecule has 0 bridgehead atoms. The second kappa shape index (κ2) is 7.95. The second-order valence-electron chi connectivity index (χ2n) is 4.90. The molecule has 1 unspecified atom stereocenters. The van der Waals surface area contributed by atoms with Gasteiger partial charge in [-0.2, -0.15) is 0 Å². The molecule has 1 heterocycles. The highest BCUT2D eigenvalue weighted by molar-refractivity contribution is 6.30. The smallest absolute Gasteiger partial charge is 0.123 e. The number of methoxy groups -OCH3 is 1. The van der Waals surface area contributed by atoms with Crippen LogP contribution in [0.5, 0.6) is 5.75 Å². The number of rotatable bonds is 5. The van der Waals surface area contributed by atoms with E-state index in [-0.39, 0.29) is 12.4 Å². The van der Waals surface area contributed by atoms with Gasteiger partial charge in [0.2, 0.25) is 0 Å². The van der Waals surface area contributed by atoms with E-state index in [1.165, 1.54) is 12.0 Å². The van der Waals surface area contributed by atoms with Gasteiger partial charge in [-0.25, -0.2) is 0 Å². The molecule has 3 nitrogen and oxygen atoms in total. The molecule has 1 aliphatic rings. The molecule has 0 saturated carbocycles. The van der Waals surface area contributed by atoms with Crippen LogP contribution in [0.1, 0.15) is 12.0 Å². The lowest BCUT2D eigenvalue weighted by atomic mass is 10.1. The second-order valence-corrected chi connectivity index (χ2v) is 5.34. The van der Waals surface area contributed by atoms with Crippen LogP contribution in [-0.4, -0.2) is 38.7 Å². The van der Waals surface area contributed by atoms with E-state index in [0.29, 0.717) is 0 Å². The highest BCUT2D eigenvalue weighted by atomic mass is 35.5. The molecular formula is C14H22Cl2N2O. The summed E-state index contributed by atoms with van der Waals surface area (Å²) >= 11 is 6.05. The molecule has 108 valence electrons. The van der Waals surface area contributed by atoms with Crippen molar-refractivity contribution in [2.45, 2.75) is 13.0 Å². The molecule has 1 aliphatic heterocycles. The summed E-state index contributed by atoms with van der Waals surface area (Å²) in [7, 11) is 3.73. The highest BCUT2D eigenvalue weighted by Crippen LogP contribution is 2.26. The first-order chi connectivity index (χ1) is 8.72. The number of halogens is 2. The summed E-state index contributed by atoms with van der Waals surface area (Å²) in [4.78, 5) is 2.47. The van der Waals surface area contributed by atoms with Gasteiger partial charge in [0.1, 0.15) is 5.75 Å². The average molecular weight is 305 g/mol. The third kappa shape index (κ3) is 4.53. The Kier molecular flexibility index (Phi) is 6.94. The van der Waals surface area contributed by atoms with Crippen molar-refractivity contribution >= 4 is 24.0 Å². The monoisotopic (exact) mass is 304 g/mol. The van der Waals surface area contributed by atoms with Gasteiger partial charge in [-0.3, -0.25) is 4.90 Å². The molecule has 0 aliphatic carbocycles. The Morgan fingerprint density at radius 1 is 1.47 bits per heavy atom. The standard InChI is InChI=1S/C14H21ClN2O.ClH/c1-16-8-11-5-6-17(9-11)10-12-7-13(15)3-4-14(12)18-2;/h3-4,7,11,16H,5-6,8-10H2,1-2H3;1H. The summed E-state index contributed by atoms with van der Waals surface area (Å²) in [6.07, 6.45) is 1.27. The van der Waals surface area contributed by atoms with E-state index in [0.717, 1.165) is 42.9 Å². The number of hydrogen-bond donors (Lipinski definition) is 1. The summed E-state index contributed by atoms with van der Waals surface area (Å²) in [5.41, 5.74) is 1.18. The van der Waals surface area contributed by atoms with Gasteiger partial charge in [0.15, 0.2) is 0 Å². The van der Waals surface area contributed by atoms with Crippen LogP contribution in [-0.2, 0) is 6.54 Å². The van der Waals surface area contributed by atoms with Gasteiger partial charge in [-0.15, -0.1) is 12.4 Å². The van der Waals surface area contributed by atoms with E-state index < -0.39 is 0 Å². The van der Waals surface area contributed by atoms with Gasteiger partial charge < -0.3 is 10.1 Å². The fourth-order valence-electron chi connectivity index (χ4n) is 2.62. The maximum atomic E-state index is 6.05. The van der Waals surface area contributed by atoms with Crippen LogP contribution in [0, 0.1) is 5.92 Å². The summed E-state index contributed by atoms with van der Waals surface area (Å²) < 4.78 is 5.39. The molecule has 19 heavy (non-hydrogen) atoms. The lowest BCUT2D eigenvalue weighted by molar-refractivity contribution is 0.307. The number of likely N-dealkylation sites (tertiary alicyclic amines) is 1. The van der Waals surface area contributed by atoms with Crippen molar-refractivity contribution in [1.82, 2.24) is 10.2 Å². The van der Waals surface area contributed by atoms with E-state index in [9.17, 15) is 0 Å². The minimum atomic E-state index is 0. The van der Waals surface area contributed by atoms with Gasteiger partial charge >= 0.3 is 0 Å². The molecule has 1 saturated heterocycles. The fraction of sp³-hybridized carbons (Fsp3) is 0.571. The molecule has 0 amide bonds. The van der Waals surface area contributed by atoms with Crippen LogP contribution in [0.2, 0.25) is 5.02 Å². The number of nitrogens with one attached hydrogen (secondary N) is 1. The number of nitrogens with zero attached hydrogens (tertiary/aromatic N) is 1. The normalized spacial score (nSPS) is 19.2. The molecule has 5 heteroatoms. The summed E-state index contributed by atoms with van der Waals surface area (Å²) in [6.45, 7) is 4.33. The van der Waals surface area contributed by atoms with Gasteiger partial charge in [-0.1, -0.05) is 11.6 Å². The van der Waals surface area contributed by atoms with Gasteiger partial charge in [-0.05, 0) is 50.7 Å². The van der Waals surface area contributed by atoms with Crippen LogP contribution in [0.15, 0.2) is 18.2 Å². The van der Waals surface area contributed by atoms with Crippen molar-refractivity contribution in [3.8, 4) is 5.75 Å². The zero-order chi connectivity index (χ0) is 13.0. The van der Waals surface area contributed by atoms with Gasteiger partial charge in [0, 0.05) is 23.7 Å². The van der Waals surface area contributed by atoms with E-state index in [1.807, 2.05) is 25.2 Å². The largest absolute Gasteiger partial charge is 0.496 e. The predicted octanol–water partition coefficient (Wildman–Crippen LogP) is 2.81. The summed E-state index contributed by atoms with van der Waals surface area (Å²) in [5, 5.41) is 4.03. The quantitative estimate of drug-likeness (QED) is 0.905. The third-order valence-corrected chi connectivity index (χ3v) is 3.73. The predicted molar refractivity (Wildman–Crippen MR) is 82.6 cm³/mol. The Labute approximate surface area is 126 Å². The van der Waals surface area contributed by atoms with Crippen LogP contribution >= 0.6 is 24.0 Å². The molecule has 1 aromatic rings. The maximum Gasteiger partial charge on any atom is 0.123 e. The van der Waals surface area contributed by atoms with Gasteiger partial charge in [0.25, 0.3) is 0 Å². The minimum Gasteiger partial charge on any atom is -0.496 e. The molecule has 0 spiro atoms. The van der Waals surface area contributed by atoms with Crippen LogP contribution < -0.4 is 10.1 Å². The first kappa shape index (κ1) is 16.6. The number of benzene rings is 1. The van der Waals surface area contributed by atoms with E-state index in [1.54, 1.807) is 7.11 Å². The van der Waals surface area contributed by atoms with Crippen LogP contribution in [0.3, 0.4) is 0 Å². The molecule has 0 aromatic heterocycles. The van der Waals surface area contributed by atoms with E-state index in [2.05, 4.69) is 10.2 Å². The van der Waals surface area contributed by atoms with Crippen molar-refractivity contribution in [3.63, 3.8) is 0 Å². The Hall–Kier alpha value is -0.480. The Morgan fingerprint density at radius 3 is 2.95 bits per heavy atom. The van der Waals surface area contributed by atoms with Crippen LogP contribution in [0.4, 0.5) is 0 Å². The van der Waals surface area contributed by atoms with Crippen molar-refractivity contribution in [1.29, 1.82) is 0 Å². The lowest BCUT2D eigenvalue weighted by Gasteiger charge is -2.18. The third-order valence-electron chi connectivity index (χ3n) is 3.50. The molecule has 1 aromatic carbocycles. The molecule has 2 rings (SSSR count). The molecule has 0 radical (unpaired) electrons. The maximum absolute atomic E-state index is 6.05. The van der Waals surface area contributed by atoms with E-state index in [4.69, 9.17) is 16.3 Å². The van der Waals surface area contributed by atoms with Crippen LogP contribution in [0.25, 0.3) is 0 Å². The number of hydrogen-bond acceptors (Lipinski definition) is 3. The Balaban J connectivity index is 0.00000180. The molecule has 1 N–H and O–H groups in total. The molecular weight excluding hydrogens is 283 g/mol. The summed E-state index contributed by atoms with van der Waals surface area (Å²) in [6, 6.07) is 5.82. The Morgan fingerprint density at radius 2 is 2.26 bits per heavy atom.